The SMILES string of the molecule is COc1ccc(S(=O)(=O)N2CCC(n3c(-c4ccccc4CO)nc4cccnc43)CC2)cc1Cl. The molecule has 1 saturated heterocycles. The fraction of sp³-hybridized carbons (Fsp3) is 0.280. The van der Waals surface area contributed by atoms with Gasteiger partial charge in [-0.05, 0) is 48.7 Å². The summed E-state index contributed by atoms with van der Waals surface area (Å²) >= 11 is 6.18. The number of hydrogen-bond acceptors (Lipinski definition) is 6. The van der Waals surface area contributed by atoms with Crippen LogP contribution in [0.25, 0.3) is 22.6 Å². The summed E-state index contributed by atoms with van der Waals surface area (Å²) in [5.74, 6) is 1.16. The standard InChI is InChI=1S/C25H25ClN4O4S/c1-34-23-9-8-19(15-21(23)26)35(32,33)29-13-10-18(11-14-29)30-24(20-6-3-2-5-17(20)16-31)28-22-7-4-12-27-25(22)30/h2-9,12,15,18,31H,10-11,13-14,16H2,1H3. The fourth-order valence-electron chi connectivity index (χ4n) is 4.64. The first-order valence-corrected chi connectivity index (χ1v) is 13.1. The lowest BCUT2D eigenvalue weighted by Crippen LogP contribution is -2.39. The Morgan fingerprint density at radius 2 is 1.89 bits per heavy atom. The Kier molecular flexibility index (Phi) is 6.50. The molecule has 2 aromatic heterocycles. The molecule has 0 aliphatic carbocycles. The van der Waals surface area contributed by atoms with Crippen molar-refractivity contribution in [1.29, 1.82) is 0 Å². The third-order valence-corrected chi connectivity index (χ3v) is 8.62. The molecule has 0 atom stereocenters. The molecule has 8 nitrogen and oxygen atoms in total. The zero-order chi connectivity index (χ0) is 24.6. The molecule has 0 radical (unpaired) electrons. The van der Waals surface area contributed by atoms with E-state index in [1.165, 1.54) is 23.5 Å². The van der Waals surface area contributed by atoms with E-state index < -0.39 is 10.0 Å². The summed E-state index contributed by atoms with van der Waals surface area (Å²) in [5, 5.41) is 10.2. The monoisotopic (exact) mass is 512 g/mol. The number of imidazole rings is 1. The Morgan fingerprint density at radius 3 is 2.60 bits per heavy atom. The number of benzene rings is 2. The van der Waals surface area contributed by atoms with Gasteiger partial charge in [-0.3, -0.25) is 0 Å². The third-order valence-electron chi connectivity index (χ3n) is 6.43. The van der Waals surface area contributed by atoms with E-state index in [9.17, 15) is 13.5 Å². The highest BCUT2D eigenvalue weighted by Gasteiger charge is 2.32. The lowest BCUT2D eigenvalue weighted by Gasteiger charge is -2.33. The zero-order valence-electron chi connectivity index (χ0n) is 19.1. The number of sulfonamides is 1. The molecule has 1 aliphatic heterocycles. The minimum Gasteiger partial charge on any atom is -0.495 e. The number of piperidine rings is 1. The Morgan fingerprint density at radius 1 is 1.11 bits per heavy atom. The van der Waals surface area contributed by atoms with Gasteiger partial charge in [0.15, 0.2) is 5.65 Å². The second kappa shape index (κ2) is 9.58. The van der Waals surface area contributed by atoms with Crippen molar-refractivity contribution in [1.82, 2.24) is 18.8 Å². The maximum atomic E-state index is 13.3. The van der Waals surface area contributed by atoms with Crippen molar-refractivity contribution in [2.24, 2.45) is 0 Å². The average Bonchev–Trinajstić information content (AvgIpc) is 3.28. The number of fused-ring (bicyclic) bond motifs is 1. The van der Waals surface area contributed by atoms with Crippen LogP contribution in [0.5, 0.6) is 5.75 Å². The molecule has 2 aromatic carbocycles. The largest absolute Gasteiger partial charge is 0.495 e. The lowest BCUT2D eigenvalue weighted by molar-refractivity contribution is 0.276. The molecule has 10 heteroatoms. The van der Waals surface area contributed by atoms with Gasteiger partial charge in [0.2, 0.25) is 10.0 Å². The van der Waals surface area contributed by atoms with Crippen molar-refractivity contribution >= 4 is 32.8 Å². The first-order valence-electron chi connectivity index (χ1n) is 11.3. The molecule has 1 aliphatic rings. The number of nitrogens with zero attached hydrogens (tertiary/aromatic N) is 4. The van der Waals surface area contributed by atoms with E-state index in [-0.39, 0.29) is 22.6 Å². The highest BCUT2D eigenvalue weighted by molar-refractivity contribution is 7.89. The Bertz CT molecular complexity index is 1480. The molecule has 1 N–H and O–H groups in total. The van der Waals surface area contributed by atoms with Gasteiger partial charge < -0.3 is 14.4 Å². The number of pyridine rings is 1. The third kappa shape index (κ3) is 4.29. The van der Waals surface area contributed by atoms with Crippen LogP contribution in [0.15, 0.2) is 65.7 Å². The van der Waals surface area contributed by atoms with Gasteiger partial charge in [-0.2, -0.15) is 4.31 Å². The van der Waals surface area contributed by atoms with Gasteiger partial charge >= 0.3 is 0 Å². The van der Waals surface area contributed by atoms with Gasteiger partial charge in [0.25, 0.3) is 0 Å². The van der Waals surface area contributed by atoms with Gasteiger partial charge in [-0.15, -0.1) is 0 Å². The number of aliphatic hydroxyl groups excluding tert-OH is 1. The molecule has 0 amide bonds. The zero-order valence-corrected chi connectivity index (χ0v) is 20.7. The Labute approximate surface area is 208 Å². The van der Waals surface area contributed by atoms with E-state index in [1.54, 1.807) is 12.3 Å². The highest BCUT2D eigenvalue weighted by Crippen LogP contribution is 2.36. The average molecular weight is 513 g/mol. The van der Waals surface area contributed by atoms with E-state index >= 15 is 0 Å². The molecule has 5 rings (SSSR count). The van der Waals surface area contributed by atoms with Crippen molar-refractivity contribution in [3.63, 3.8) is 0 Å². The van der Waals surface area contributed by atoms with Crippen LogP contribution in [-0.4, -0.2) is 52.6 Å². The Balaban J connectivity index is 1.46. The maximum absolute atomic E-state index is 13.3. The lowest BCUT2D eigenvalue weighted by atomic mass is 10.0. The van der Waals surface area contributed by atoms with E-state index in [0.29, 0.717) is 31.7 Å². The van der Waals surface area contributed by atoms with Crippen molar-refractivity contribution in [3.8, 4) is 17.1 Å². The molecule has 0 saturated carbocycles. The summed E-state index contributed by atoms with van der Waals surface area (Å²) in [6.07, 6.45) is 2.92. The minimum atomic E-state index is -3.70. The summed E-state index contributed by atoms with van der Waals surface area (Å²) < 4.78 is 35.3. The summed E-state index contributed by atoms with van der Waals surface area (Å²) in [6, 6.07) is 15.9. The molecule has 182 valence electrons. The van der Waals surface area contributed by atoms with Crippen LogP contribution >= 0.6 is 11.6 Å². The molecule has 0 spiro atoms. The number of halogens is 1. The fourth-order valence-corrected chi connectivity index (χ4v) is 6.46. The van der Waals surface area contributed by atoms with E-state index in [2.05, 4.69) is 9.55 Å². The molecule has 1 fully saturated rings. The topological polar surface area (TPSA) is 97.6 Å². The number of hydrogen-bond donors (Lipinski definition) is 1. The second-order valence-corrected chi connectivity index (χ2v) is 10.7. The first kappa shape index (κ1) is 23.7. The summed E-state index contributed by atoms with van der Waals surface area (Å²) in [5.41, 5.74) is 3.13. The quantitative estimate of drug-likeness (QED) is 0.414. The number of aromatic nitrogens is 3. The summed E-state index contributed by atoms with van der Waals surface area (Å²) in [4.78, 5) is 9.57. The predicted molar refractivity (Wildman–Crippen MR) is 134 cm³/mol. The van der Waals surface area contributed by atoms with Crippen LogP contribution in [0.4, 0.5) is 0 Å². The van der Waals surface area contributed by atoms with E-state index in [4.69, 9.17) is 21.3 Å². The van der Waals surface area contributed by atoms with Crippen LogP contribution in [0, 0.1) is 0 Å². The predicted octanol–water partition coefficient (Wildman–Crippen LogP) is 4.28. The number of aliphatic hydroxyl groups is 1. The molecular weight excluding hydrogens is 488 g/mol. The van der Waals surface area contributed by atoms with Crippen molar-refractivity contribution in [2.75, 3.05) is 20.2 Å². The van der Waals surface area contributed by atoms with Crippen molar-refractivity contribution in [3.05, 3.63) is 71.4 Å². The summed E-state index contributed by atoms with van der Waals surface area (Å²) in [6.45, 7) is 0.600. The number of rotatable bonds is 6. The molecular formula is C25H25ClN4O4S. The molecule has 35 heavy (non-hydrogen) atoms. The van der Waals surface area contributed by atoms with Gasteiger partial charge in [0.1, 0.15) is 17.1 Å². The maximum Gasteiger partial charge on any atom is 0.243 e. The van der Waals surface area contributed by atoms with Gasteiger partial charge in [-0.25, -0.2) is 18.4 Å². The van der Waals surface area contributed by atoms with Crippen LogP contribution in [0.1, 0.15) is 24.4 Å². The molecule has 0 bridgehead atoms. The number of ether oxygens (including phenoxy) is 1. The first-order chi connectivity index (χ1) is 16.9. The van der Waals surface area contributed by atoms with Gasteiger partial charge in [0, 0.05) is 30.9 Å². The van der Waals surface area contributed by atoms with Gasteiger partial charge in [-0.1, -0.05) is 35.9 Å². The van der Waals surface area contributed by atoms with Crippen LogP contribution in [0.2, 0.25) is 5.02 Å². The highest BCUT2D eigenvalue weighted by atomic mass is 35.5. The molecule has 3 heterocycles. The van der Waals surface area contributed by atoms with Crippen molar-refractivity contribution < 1.29 is 18.3 Å². The molecule has 4 aromatic rings. The van der Waals surface area contributed by atoms with Crippen LogP contribution in [-0.2, 0) is 16.6 Å². The van der Waals surface area contributed by atoms with Crippen molar-refractivity contribution in [2.45, 2.75) is 30.4 Å². The second-order valence-electron chi connectivity index (χ2n) is 8.40. The summed E-state index contributed by atoms with van der Waals surface area (Å²) in [7, 11) is -2.21. The normalized spacial score (nSPS) is 15.5. The minimum absolute atomic E-state index is 0.00237. The Hall–Kier alpha value is -2.98. The van der Waals surface area contributed by atoms with E-state index in [0.717, 1.165) is 28.1 Å². The van der Waals surface area contributed by atoms with Crippen LogP contribution < -0.4 is 4.74 Å². The van der Waals surface area contributed by atoms with Crippen LogP contribution in [0.3, 0.4) is 0 Å². The van der Waals surface area contributed by atoms with Gasteiger partial charge in [0.05, 0.1) is 23.6 Å². The number of methoxy groups -OCH3 is 1. The van der Waals surface area contributed by atoms with E-state index in [1.807, 2.05) is 36.4 Å². The molecule has 0 unspecified atom stereocenters. The smallest absolute Gasteiger partial charge is 0.243 e.